The maximum atomic E-state index is 11.8. The van der Waals surface area contributed by atoms with Gasteiger partial charge in [0.05, 0.1) is 16.6 Å². The highest BCUT2D eigenvalue weighted by Gasteiger charge is 2.28. The predicted octanol–water partition coefficient (Wildman–Crippen LogP) is 5.50. The van der Waals surface area contributed by atoms with Crippen molar-refractivity contribution in [3.05, 3.63) is 39.4 Å². The van der Waals surface area contributed by atoms with Gasteiger partial charge in [-0.1, -0.05) is 26.8 Å². The topological polar surface area (TPSA) is 106 Å². The Kier molecular flexibility index (Phi) is 13.7. The standard InChI is InChI=1S/C22H37N4O5P/c1-6-10-22(27)24-16-19-11-12-21(26(28)29)20(15-19)18(5)31-32(30-17-23-9-4)25(13-7-2)14-8-3/h11-12,15,17-18H,6-10,13-14,16H2,1-5H3,(H,24,27)/b23-17+. The summed E-state index contributed by atoms with van der Waals surface area (Å²) in [6.07, 6.45) is 3.89. The summed E-state index contributed by atoms with van der Waals surface area (Å²) in [5.41, 5.74) is 1.21. The van der Waals surface area contributed by atoms with E-state index in [4.69, 9.17) is 9.05 Å². The fourth-order valence-corrected chi connectivity index (χ4v) is 4.59. The molecule has 0 bridgehead atoms. The quantitative estimate of drug-likeness (QED) is 0.113. The number of amides is 1. The summed E-state index contributed by atoms with van der Waals surface area (Å²) in [4.78, 5) is 27.2. The van der Waals surface area contributed by atoms with Gasteiger partial charge in [0.15, 0.2) is 6.40 Å². The van der Waals surface area contributed by atoms with Crippen molar-refractivity contribution in [3.8, 4) is 0 Å². The van der Waals surface area contributed by atoms with Crippen LogP contribution in [0.1, 0.15) is 77.5 Å². The SMILES string of the molecule is CCCC(=O)NCc1ccc([N+](=O)[O-])c(C(C)OP(O/C=N/CC)N(CCC)CCC)c1. The van der Waals surface area contributed by atoms with Gasteiger partial charge in [-0.2, -0.15) is 0 Å². The molecule has 0 aliphatic carbocycles. The summed E-state index contributed by atoms with van der Waals surface area (Å²) in [5, 5.41) is 14.5. The average Bonchev–Trinajstić information content (AvgIpc) is 2.77. The van der Waals surface area contributed by atoms with E-state index in [9.17, 15) is 14.9 Å². The number of rotatable bonds is 16. The molecule has 0 saturated heterocycles. The highest BCUT2D eigenvalue weighted by Crippen LogP contribution is 2.47. The molecule has 180 valence electrons. The first-order chi connectivity index (χ1) is 15.4. The molecule has 1 aromatic rings. The fourth-order valence-electron chi connectivity index (χ4n) is 3.01. The van der Waals surface area contributed by atoms with E-state index in [2.05, 4.69) is 28.8 Å². The average molecular weight is 469 g/mol. The van der Waals surface area contributed by atoms with Gasteiger partial charge in [-0.25, -0.2) is 4.67 Å². The van der Waals surface area contributed by atoms with Crippen LogP contribution in [0.15, 0.2) is 23.2 Å². The molecule has 1 amide bonds. The van der Waals surface area contributed by atoms with Crippen LogP contribution in [0.25, 0.3) is 0 Å². The molecule has 0 aromatic heterocycles. The summed E-state index contributed by atoms with van der Waals surface area (Å²) >= 11 is 0. The predicted molar refractivity (Wildman–Crippen MR) is 129 cm³/mol. The molecular formula is C22H37N4O5P. The lowest BCUT2D eigenvalue weighted by Crippen LogP contribution is -2.23. The second-order valence-corrected chi connectivity index (χ2v) is 8.79. The zero-order chi connectivity index (χ0) is 23.9. The minimum Gasteiger partial charge on any atom is -0.425 e. The van der Waals surface area contributed by atoms with Crippen LogP contribution in [-0.4, -0.2) is 41.5 Å². The van der Waals surface area contributed by atoms with E-state index in [0.717, 1.165) is 37.9 Å². The Morgan fingerprint density at radius 3 is 2.50 bits per heavy atom. The van der Waals surface area contributed by atoms with E-state index in [1.807, 2.05) is 13.8 Å². The van der Waals surface area contributed by atoms with Gasteiger partial charge in [0.1, 0.15) is 0 Å². The van der Waals surface area contributed by atoms with E-state index in [1.54, 1.807) is 19.1 Å². The molecule has 0 spiro atoms. The molecule has 2 unspecified atom stereocenters. The van der Waals surface area contributed by atoms with E-state index < -0.39 is 19.6 Å². The van der Waals surface area contributed by atoms with Gasteiger partial charge < -0.3 is 14.4 Å². The lowest BCUT2D eigenvalue weighted by molar-refractivity contribution is -0.386. The van der Waals surface area contributed by atoms with E-state index in [1.165, 1.54) is 12.5 Å². The van der Waals surface area contributed by atoms with Crippen molar-refractivity contribution in [2.45, 2.75) is 73.0 Å². The number of aliphatic imine (C=N–C) groups is 1. The van der Waals surface area contributed by atoms with Gasteiger partial charge in [-0.15, -0.1) is 0 Å². The summed E-state index contributed by atoms with van der Waals surface area (Å²) in [5.74, 6) is -0.0430. The first kappa shape index (κ1) is 27.9. The van der Waals surface area contributed by atoms with Gasteiger partial charge >= 0.3 is 8.53 Å². The minimum absolute atomic E-state index is 0.0177. The van der Waals surface area contributed by atoms with Crippen molar-refractivity contribution in [2.24, 2.45) is 4.99 Å². The number of carbonyl (C=O) groups excluding carboxylic acids is 1. The number of nitrogens with zero attached hydrogens (tertiary/aromatic N) is 3. The first-order valence-corrected chi connectivity index (χ1v) is 12.4. The maximum Gasteiger partial charge on any atom is 0.322 e. The summed E-state index contributed by atoms with van der Waals surface area (Å²) < 4.78 is 14.2. The molecule has 0 heterocycles. The van der Waals surface area contributed by atoms with Crippen molar-refractivity contribution >= 4 is 26.5 Å². The van der Waals surface area contributed by atoms with Gasteiger partial charge in [-0.3, -0.25) is 19.9 Å². The van der Waals surface area contributed by atoms with Gasteiger partial charge in [0, 0.05) is 38.7 Å². The molecule has 9 nitrogen and oxygen atoms in total. The van der Waals surface area contributed by atoms with Crippen LogP contribution in [0.2, 0.25) is 0 Å². The molecule has 1 rings (SSSR count). The summed E-state index contributed by atoms with van der Waals surface area (Å²) in [7, 11) is -1.48. The number of nitro groups is 1. The Labute approximate surface area is 192 Å². The molecule has 1 aromatic carbocycles. The largest absolute Gasteiger partial charge is 0.425 e. The summed E-state index contributed by atoms with van der Waals surface area (Å²) in [6.45, 7) is 12.3. The van der Waals surface area contributed by atoms with Crippen LogP contribution in [0.5, 0.6) is 0 Å². The van der Waals surface area contributed by atoms with Crippen molar-refractivity contribution in [1.29, 1.82) is 0 Å². The van der Waals surface area contributed by atoms with Crippen molar-refractivity contribution < 1.29 is 18.8 Å². The zero-order valence-corrected chi connectivity index (χ0v) is 20.8. The van der Waals surface area contributed by atoms with Crippen LogP contribution in [0.3, 0.4) is 0 Å². The van der Waals surface area contributed by atoms with Gasteiger partial charge in [0.25, 0.3) is 5.69 Å². The fraction of sp³-hybridized carbons (Fsp3) is 0.636. The lowest BCUT2D eigenvalue weighted by Gasteiger charge is -2.29. The number of benzene rings is 1. The molecule has 10 heteroatoms. The zero-order valence-electron chi connectivity index (χ0n) is 19.9. The number of hydrogen-bond donors (Lipinski definition) is 1. The van der Waals surface area contributed by atoms with Crippen molar-refractivity contribution in [2.75, 3.05) is 19.6 Å². The number of nitro benzene ring substituents is 1. The Morgan fingerprint density at radius 1 is 1.25 bits per heavy atom. The monoisotopic (exact) mass is 468 g/mol. The highest BCUT2D eigenvalue weighted by molar-refractivity contribution is 7.45. The highest BCUT2D eigenvalue weighted by atomic mass is 31.2. The Balaban J connectivity index is 3.13. The second kappa shape index (κ2) is 15.7. The van der Waals surface area contributed by atoms with Crippen LogP contribution >= 0.6 is 8.53 Å². The molecule has 0 radical (unpaired) electrons. The molecular weight excluding hydrogens is 431 g/mol. The molecule has 2 atom stereocenters. The molecule has 32 heavy (non-hydrogen) atoms. The lowest BCUT2D eigenvalue weighted by atomic mass is 10.0. The molecule has 0 aliphatic rings. The number of carbonyl (C=O) groups is 1. The van der Waals surface area contributed by atoms with Gasteiger partial charge in [0.2, 0.25) is 5.91 Å². The second-order valence-electron chi connectivity index (χ2n) is 7.33. The third-order valence-corrected chi connectivity index (χ3v) is 6.16. The van der Waals surface area contributed by atoms with Crippen molar-refractivity contribution in [1.82, 2.24) is 9.99 Å². The molecule has 1 N–H and O–H groups in total. The van der Waals surface area contributed by atoms with E-state index >= 15 is 0 Å². The Bertz CT molecular complexity index is 741. The number of nitrogens with one attached hydrogen (secondary N) is 1. The molecule has 0 aliphatic heterocycles. The maximum absolute atomic E-state index is 11.8. The Hall–Kier alpha value is -2.09. The van der Waals surface area contributed by atoms with Crippen LogP contribution in [0.4, 0.5) is 5.69 Å². The van der Waals surface area contributed by atoms with Gasteiger partial charge in [-0.05, 0) is 44.7 Å². The first-order valence-electron chi connectivity index (χ1n) is 11.3. The smallest absolute Gasteiger partial charge is 0.322 e. The Morgan fingerprint density at radius 2 is 1.94 bits per heavy atom. The van der Waals surface area contributed by atoms with Crippen LogP contribution < -0.4 is 5.32 Å². The third-order valence-electron chi connectivity index (χ3n) is 4.53. The molecule has 0 saturated carbocycles. The van der Waals surface area contributed by atoms with Crippen LogP contribution in [-0.2, 0) is 20.4 Å². The number of hydrogen-bond acceptors (Lipinski definition) is 7. The van der Waals surface area contributed by atoms with Crippen molar-refractivity contribution in [3.63, 3.8) is 0 Å². The normalized spacial score (nSPS) is 13.3. The minimum atomic E-state index is -1.48. The van der Waals surface area contributed by atoms with E-state index in [0.29, 0.717) is 25.1 Å². The third kappa shape index (κ3) is 9.59. The summed E-state index contributed by atoms with van der Waals surface area (Å²) in [6, 6.07) is 4.86. The van der Waals surface area contributed by atoms with E-state index in [-0.39, 0.29) is 11.6 Å². The van der Waals surface area contributed by atoms with Crippen LogP contribution in [0, 0.1) is 10.1 Å². The molecule has 0 fully saturated rings.